The summed E-state index contributed by atoms with van der Waals surface area (Å²) < 4.78 is 13.6. The van der Waals surface area contributed by atoms with E-state index in [1.807, 2.05) is 72.9 Å². The van der Waals surface area contributed by atoms with Gasteiger partial charge in [-0.1, -0.05) is 12.1 Å². The second kappa shape index (κ2) is 7.84. The zero-order valence-electron chi connectivity index (χ0n) is 16.9. The van der Waals surface area contributed by atoms with Crippen LogP contribution in [-0.4, -0.2) is 21.3 Å². The summed E-state index contributed by atoms with van der Waals surface area (Å²) >= 11 is 0. The third-order valence-electron chi connectivity index (χ3n) is 5.34. The Morgan fingerprint density at radius 1 is 1.00 bits per heavy atom. The molecule has 0 spiro atoms. The lowest BCUT2D eigenvalue weighted by atomic mass is 10.1. The zero-order chi connectivity index (χ0) is 20.5. The third-order valence-corrected chi connectivity index (χ3v) is 5.34. The van der Waals surface area contributed by atoms with Gasteiger partial charge in [-0.3, -0.25) is 0 Å². The molecular weight excluding hydrogens is 376 g/mol. The standard InChI is InChI=1S/C25H24N2O3/c1-17(28)20-7-10-21-13-25(26-27(21)15-20)19-8-11-22(12-9-19)30-24-4-2-3-23(14-24)29-16-18-5-6-18/h2-4,7-15,17-18,28H,5-6,16H2,1H3. The fraction of sp³-hybridized carbons (Fsp3) is 0.240. The van der Waals surface area contributed by atoms with Crippen LogP contribution in [-0.2, 0) is 0 Å². The highest BCUT2D eigenvalue weighted by atomic mass is 16.5. The molecule has 2 aromatic heterocycles. The Bertz CT molecular complexity index is 1160. The Labute approximate surface area is 175 Å². The molecule has 30 heavy (non-hydrogen) atoms. The minimum atomic E-state index is -0.518. The number of pyridine rings is 1. The molecule has 5 rings (SSSR count). The molecule has 1 atom stereocenters. The quantitative estimate of drug-likeness (QED) is 0.436. The molecule has 0 amide bonds. The highest BCUT2D eigenvalue weighted by Crippen LogP contribution is 2.31. The lowest BCUT2D eigenvalue weighted by Gasteiger charge is -2.09. The van der Waals surface area contributed by atoms with Crippen LogP contribution < -0.4 is 9.47 Å². The largest absolute Gasteiger partial charge is 0.493 e. The average molecular weight is 400 g/mol. The fourth-order valence-electron chi connectivity index (χ4n) is 3.35. The molecule has 0 aliphatic heterocycles. The van der Waals surface area contributed by atoms with E-state index in [1.54, 1.807) is 11.4 Å². The number of aliphatic hydroxyl groups is 1. The smallest absolute Gasteiger partial charge is 0.131 e. The van der Waals surface area contributed by atoms with Gasteiger partial charge in [-0.15, -0.1) is 0 Å². The van der Waals surface area contributed by atoms with Crippen LogP contribution in [0.1, 0.15) is 31.4 Å². The molecule has 2 heterocycles. The molecule has 1 aliphatic rings. The van der Waals surface area contributed by atoms with E-state index in [2.05, 4.69) is 5.10 Å². The summed E-state index contributed by atoms with van der Waals surface area (Å²) in [6.07, 6.45) is 3.89. The summed E-state index contributed by atoms with van der Waals surface area (Å²) in [6.45, 7) is 2.54. The number of benzene rings is 2. The first kappa shape index (κ1) is 18.7. The van der Waals surface area contributed by atoms with Crippen LogP contribution in [0.15, 0.2) is 72.9 Å². The van der Waals surface area contributed by atoms with E-state index in [-0.39, 0.29) is 0 Å². The van der Waals surface area contributed by atoms with Crippen LogP contribution in [0.3, 0.4) is 0 Å². The van der Waals surface area contributed by atoms with Crippen LogP contribution in [0.5, 0.6) is 17.2 Å². The van der Waals surface area contributed by atoms with E-state index in [4.69, 9.17) is 9.47 Å². The maximum atomic E-state index is 9.77. The molecule has 1 aliphatic carbocycles. The summed E-state index contributed by atoms with van der Waals surface area (Å²) in [5.74, 6) is 3.09. The third kappa shape index (κ3) is 4.16. The molecule has 5 nitrogen and oxygen atoms in total. The van der Waals surface area contributed by atoms with Gasteiger partial charge in [-0.05, 0) is 79.8 Å². The normalized spacial score (nSPS) is 14.6. The van der Waals surface area contributed by atoms with Crippen molar-refractivity contribution >= 4 is 5.52 Å². The van der Waals surface area contributed by atoms with Gasteiger partial charge >= 0.3 is 0 Å². The zero-order valence-corrected chi connectivity index (χ0v) is 16.9. The Morgan fingerprint density at radius 2 is 1.80 bits per heavy atom. The Hall–Kier alpha value is -3.31. The van der Waals surface area contributed by atoms with E-state index in [0.29, 0.717) is 0 Å². The number of hydrogen-bond acceptors (Lipinski definition) is 4. The molecule has 1 saturated carbocycles. The minimum Gasteiger partial charge on any atom is -0.493 e. The van der Waals surface area contributed by atoms with Crippen molar-refractivity contribution in [3.05, 3.63) is 78.5 Å². The van der Waals surface area contributed by atoms with Crippen molar-refractivity contribution < 1.29 is 14.6 Å². The van der Waals surface area contributed by atoms with Gasteiger partial charge in [0.05, 0.1) is 23.9 Å². The van der Waals surface area contributed by atoms with Gasteiger partial charge in [0.1, 0.15) is 17.2 Å². The van der Waals surface area contributed by atoms with Crippen LogP contribution in [0.25, 0.3) is 16.8 Å². The lowest BCUT2D eigenvalue weighted by molar-refractivity contribution is 0.198. The van der Waals surface area contributed by atoms with Crippen molar-refractivity contribution in [1.82, 2.24) is 9.61 Å². The van der Waals surface area contributed by atoms with Crippen LogP contribution >= 0.6 is 0 Å². The summed E-state index contributed by atoms with van der Waals surface area (Å²) in [5.41, 5.74) is 3.70. The number of aromatic nitrogens is 2. The number of nitrogens with zero attached hydrogens (tertiary/aromatic N) is 2. The Balaban J connectivity index is 1.30. The van der Waals surface area contributed by atoms with E-state index < -0.39 is 6.10 Å². The number of rotatable bonds is 7. The Morgan fingerprint density at radius 3 is 2.57 bits per heavy atom. The first-order valence-corrected chi connectivity index (χ1v) is 10.3. The van der Waals surface area contributed by atoms with E-state index >= 15 is 0 Å². The lowest BCUT2D eigenvalue weighted by Crippen LogP contribution is -1.98. The molecule has 1 unspecified atom stereocenters. The molecule has 5 heteroatoms. The Kier molecular flexibility index (Phi) is 4.89. The molecule has 0 saturated heterocycles. The predicted molar refractivity (Wildman–Crippen MR) is 116 cm³/mol. The number of fused-ring (bicyclic) bond motifs is 1. The summed E-state index contributed by atoms with van der Waals surface area (Å²) in [7, 11) is 0. The van der Waals surface area contributed by atoms with E-state index in [1.165, 1.54) is 12.8 Å². The number of aliphatic hydroxyl groups excluding tert-OH is 1. The van der Waals surface area contributed by atoms with Gasteiger partial charge in [0.2, 0.25) is 0 Å². The van der Waals surface area contributed by atoms with Gasteiger partial charge in [0, 0.05) is 17.8 Å². The summed E-state index contributed by atoms with van der Waals surface area (Å²) in [6, 6.07) is 21.6. The molecule has 1 fully saturated rings. The van der Waals surface area contributed by atoms with E-state index in [0.717, 1.165) is 52.1 Å². The second-order valence-electron chi connectivity index (χ2n) is 7.89. The van der Waals surface area contributed by atoms with Gasteiger partial charge < -0.3 is 14.6 Å². The van der Waals surface area contributed by atoms with Crippen LogP contribution in [0.2, 0.25) is 0 Å². The minimum absolute atomic E-state index is 0.518. The average Bonchev–Trinajstić information content (AvgIpc) is 3.49. The summed E-state index contributed by atoms with van der Waals surface area (Å²) in [5, 5.41) is 14.4. The highest BCUT2D eigenvalue weighted by molar-refractivity contribution is 5.66. The maximum Gasteiger partial charge on any atom is 0.131 e. The van der Waals surface area contributed by atoms with Gasteiger partial charge in [-0.2, -0.15) is 5.10 Å². The van der Waals surface area contributed by atoms with Crippen molar-refractivity contribution in [2.75, 3.05) is 6.61 Å². The number of hydrogen-bond donors (Lipinski definition) is 1. The summed E-state index contributed by atoms with van der Waals surface area (Å²) in [4.78, 5) is 0. The van der Waals surface area contributed by atoms with Crippen molar-refractivity contribution in [2.24, 2.45) is 5.92 Å². The van der Waals surface area contributed by atoms with Crippen molar-refractivity contribution in [2.45, 2.75) is 25.9 Å². The number of ether oxygens (including phenoxy) is 2. The van der Waals surface area contributed by atoms with Gasteiger partial charge in [0.15, 0.2) is 0 Å². The highest BCUT2D eigenvalue weighted by Gasteiger charge is 2.21. The first-order valence-electron chi connectivity index (χ1n) is 10.3. The molecule has 152 valence electrons. The maximum absolute atomic E-state index is 9.77. The topological polar surface area (TPSA) is 56.0 Å². The van der Waals surface area contributed by atoms with Gasteiger partial charge in [-0.25, -0.2) is 4.52 Å². The monoisotopic (exact) mass is 400 g/mol. The van der Waals surface area contributed by atoms with Gasteiger partial charge in [0.25, 0.3) is 0 Å². The molecule has 0 bridgehead atoms. The van der Waals surface area contributed by atoms with Crippen LogP contribution in [0, 0.1) is 5.92 Å². The van der Waals surface area contributed by atoms with E-state index in [9.17, 15) is 5.11 Å². The SMILES string of the molecule is CC(O)c1ccc2cc(-c3ccc(Oc4cccc(OCC5CC5)c4)cc3)nn2c1. The predicted octanol–water partition coefficient (Wildman–Crippen LogP) is 5.64. The fourth-order valence-corrected chi connectivity index (χ4v) is 3.35. The van der Waals surface area contributed by atoms with Crippen LogP contribution in [0.4, 0.5) is 0 Å². The molecule has 4 aromatic rings. The van der Waals surface area contributed by atoms with Crippen molar-refractivity contribution in [3.63, 3.8) is 0 Å². The molecule has 1 N–H and O–H groups in total. The molecule has 0 radical (unpaired) electrons. The molecule has 2 aromatic carbocycles. The van der Waals surface area contributed by atoms with Crippen molar-refractivity contribution in [3.8, 4) is 28.5 Å². The second-order valence-corrected chi connectivity index (χ2v) is 7.89. The molecular formula is C25H24N2O3. The van der Waals surface area contributed by atoms with Crippen molar-refractivity contribution in [1.29, 1.82) is 0 Å². The first-order chi connectivity index (χ1) is 14.6.